The maximum atomic E-state index is 9.24. The van der Waals surface area contributed by atoms with Crippen molar-refractivity contribution in [3.8, 4) is 0 Å². The Kier molecular flexibility index (Phi) is 3.89. The predicted molar refractivity (Wildman–Crippen MR) is 61.8 cm³/mol. The van der Waals surface area contributed by atoms with Crippen molar-refractivity contribution in [2.24, 2.45) is 0 Å². The molecule has 2 N–H and O–H groups in total. The third kappa shape index (κ3) is 2.80. The fraction of sp³-hybridized carbons (Fsp3) is 0.538. The lowest BCUT2D eigenvalue weighted by Gasteiger charge is -2.17. The van der Waals surface area contributed by atoms with Crippen LogP contribution < -0.4 is 0 Å². The number of hydrogen-bond donors (Lipinski definition) is 2. The number of aliphatic hydroxyl groups excluding tert-OH is 1. The van der Waals surface area contributed by atoms with Gasteiger partial charge in [-0.1, -0.05) is 45.9 Å². The number of aliphatic hydroxyl groups is 2. The molecule has 0 fully saturated rings. The molecule has 0 amide bonds. The van der Waals surface area contributed by atoms with E-state index in [2.05, 4.69) is 33.8 Å². The van der Waals surface area contributed by atoms with Gasteiger partial charge in [0.15, 0.2) is 6.29 Å². The monoisotopic (exact) mass is 208 g/mol. The first-order valence-corrected chi connectivity index (χ1v) is 5.43. The van der Waals surface area contributed by atoms with Crippen LogP contribution in [0.3, 0.4) is 0 Å². The standard InChI is InChI=1S/C13H20O2/c1-8(2)10-5-6-11(13(14)15)12(7-10)9(3)4/h5-9,13-15H,1-4H3. The molecular formula is C13H20O2. The molecule has 0 aliphatic carbocycles. The minimum Gasteiger partial charge on any atom is -0.364 e. The van der Waals surface area contributed by atoms with Crippen LogP contribution in [0.2, 0.25) is 0 Å². The van der Waals surface area contributed by atoms with E-state index in [0.717, 1.165) is 5.56 Å². The van der Waals surface area contributed by atoms with Gasteiger partial charge in [0.05, 0.1) is 0 Å². The van der Waals surface area contributed by atoms with Gasteiger partial charge < -0.3 is 10.2 Å². The van der Waals surface area contributed by atoms with Crippen LogP contribution in [-0.4, -0.2) is 10.2 Å². The summed E-state index contributed by atoms with van der Waals surface area (Å²) < 4.78 is 0. The van der Waals surface area contributed by atoms with Gasteiger partial charge in [-0.05, 0) is 23.0 Å². The molecule has 1 aromatic rings. The van der Waals surface area contributed by atoms with Crippen molar-refractivity contribution in [1.29, 1.82) is 0 Å². The van der Waals surface area contributed by atoms with Crippen LogP contribution in [0.4, 0.5) is 0 Å². The molecule has 0 aliphatic heterocycles. The number of rotatable bonds is 3. The highest BCUT2D eigenvalue weighted by Crippen LogP contribution is 2.27. The Morgan fingerprint density at radius 2 is 1.47 bits per heavy atom. The third-order valence-electron chi connectivity index (χ3n) is 2.68. The van der Waals surface area contributed by atoms with Crippen molar-refractivity contribution in [3.05, 3.63) is 34.9 Å². The molecule has 0 saturated carbocycles. The Morgan fingerprint density at radius 1 is 0.867 bits per heavy atom. The van der Waals surface area contributed by atoms with E-state index in [1.165, 1.54) is 5.56 Å². The number of benzene rings is 1. The number of hydrogen-bond acceptors (Lipinski definition) is 2. The van der Waals surface area contributed by atoms with Gasteiger partial charge in [0.1, 0.15) is 0 Å². The Labute approximate surface area is 91.6 Å². The van der Waals surface area contributed by atoms with E-state index in [0.29, 0.717) is 17.4 Å². The topological polar surface area (TPSA) is 40.5 Å². The summed E-state index contributed by atoms with van der Waals surface area (Å²) >= 11 is 0. The quantitative estimate of drug-likeness (QED) is 0.750. The fourth-order valence-electron chi connectivity index (χ4n) is 1.69. The summed E-state index contributed by atoms with van der Waals surface area (Å²) in [5.74, 6) is 0.771. The SMILES string of the molecule is CC(C)c1ccc(C(O)O)c(C(C)C)c1. The van der Waals surface area contributed by atoms with Crippen LogP contribution in [0.25, 0.3) is 0 Å². The van der Waals surface area contributed by atoms with Crippen LogP contribution in [0.15, 0.2) is 18.2 Å². The van der Waals surface area contributed by atoms with Gasteiger partial charge in [0.2, 0.25) is 0 Å². The molecule has 1 rings (SSSR count). The second kappa shape index (κ2) is 4.77. The fourth-order valence-corrected chi connectivity index (χ4v) is 1.69. The zero-order chi connectivity index (χ0) is 11.6. The Hall–Kier alpha value is -0.860. The molecule has 0 saturated heterocycles. The highest BCUT2D eigenvalue weighted by molar-refractivity contribution is 5.36. The van der Waals surface area contributed by atoms with Gasteiger partial charge in [-0.25, -0.2) is 0 Å². The summed E-state index contributed by atoms with van der Waals surface area (Å²) in [7, 11) is 0. The minimum atomic E-state index is -1.37. The summed E-state index contributed by atoms with van der Waals surface area (Å²) in [6.07, 6.45) is -1.37. The van der Waals surface area contributed by atoms with Gasteiger partial charge in [-0.3, -0.25) is 0 Å². The van der Waals surface area contributed by atoms with Gasteiger partial charge in [0, 0.05) is 5.56 Å². The lowest BCUT2D eigenvalue weighted by Crippen LogP contribution is -2.04. The molecule has 84 valence electrons. The molecule has 1 aromatic carbocycles. The second-order valence-corrected chi connectivity index (χ2v) is 4.57. The summed E-state index contributed by atoms with van der Waals surface area (Å²) in [6, 6.07) is 5.85. The van der Waals surface area contributed by atoms with Crippen LogP contribution in [0, 0.1) is 0 Å². The molecule has 15 heavy (non-hydrogen) atoms. The van der Waals surface area contributed by atoms with Crippen LogP contribution in [0.1, 0.15) is 62.5 Å². The van der Waals surface area contributed by atoms with Gasteiger partial charge in [-0.15, -0.1) is 0 Å². The maximum absolute atomic E-state index is 9.24. The zero-order valence-electron chi connectivity index (χ0n) is 9.86. The first kappa shape index (κ1) is 12.2. The average molecular weight is 208 g/mol. The molecule has 0 aliphatic rings. The molecule has 0 aromatic heterocycles. The molecule has 0 heterocycles. The smallest absolute Gasteiger partial charge is 0.178 e. The van der Waals surface area contributed by atoms with Crippen LogP contribution in [0.5, 0.6) is 0 Å². The summed E-state index contributed by atoms with van der Waals surface area (Å²) in [4.78, 5) is 0. The van der Waals surface area contributed by atoms with E-state index in [9.17, 15) is 10.2 Å². The van der Waals surface area contributed by atoms with E-state index in [1.54, 1.807) is 0 Å². The van der Waals surface area contributed by atoms with E-state index in [1.807, 2.05) is 12.1 Å². The van der Waals surface area contributed by atoms with Gasteiger partial charge in [-0.2, -0.15) is 0 Å². The van der Waals surface area contributed by atoms with Crippen molar-refractivity contribution >= 4 is 0 Å². The Bertz CT molecular complexity index is 327. The van der Waals surface area contributed by atoms with Crippen molar-refractivity contribution in [2.45, 2.75) is 45.8 Å². The summed E-state index contributed by atoms with van der Waals surface area (Å²) in [5, 5.41) is 18.5. The van der Waals surface area contributed by atoms with Crippen molar-refractivity contribution in [3.63, 3.8) is 0 Å². The lowest BCUT2D eigenvalue weighted by atomic mass is 9.91. The van der Waals surface area contributed by atoms with E-state index in [-0.39, 0.29) is 0 Å². The van der Waals surface area contributed by atoms with Crippen molar-refractivity contribution < 1.29 is 10.2 Å². The van der Waals surface area contributed by atoms with E-state index >= 15 is 0 Å². The Balaban J connectivity index is 3.21. The molecule has 0 unspecified atom stereocenters. The van der Waals surface area contributed by atoms with Crippen LogP contribution in [-0.2, 0) is 0 Å². The predicted octanol–water partition coefficient (Wildman–Crippen LogP) is 2.92. The minimum absolute atomic E-state index is 0.306. The molecule has 0 spiro atoms. The maximum Gasteiger partial charge on any atom is 0.178 e. The van der Waals surface area contributed by atoms with Crippen molar-refractivity contribution in [1.82, 2.24) is 0 Å². The lowest BCUT2D eigenvalue weighted by molar-refractivity contribution is -0.0432. The molecule has 0 atom stereocenters. The largest absolute Gasteiger partial charge is 0.364 e. The van der Waals surface area contributed by atoms with E-state index < -0.39 is 6.29 Å². The zero-order valence-corrected chi connectivity index (χ0v) is 9.86. The second-order valence-electron chi connectivity index (χ2n) is 4.57. The van der Waals surface area contributed by atoms with Gasteiger partial charge in [0.25, 0.3) is 0 Å². The molecule has 2 nitrogen and oxygen atoms in total. The molecule has 2 heteroatoms. The first-order chi connectivity index (χ1) is 6.93. The molecule has 0 radical (unpaired) electrons. The van der Waals surface area contributed by atoms with E-state index in [4.69, 9.17) is 0 Å². The highest BCUT2D eigenvalue weighted by Gasteiger charge is 2.13. The first-order valence-electron chi connectivity index (χ1n) is 5.43. The summed E-state index contributed by atoms with van der Waals surface area (Å²) in [5.41, 5.74) is 2.88. The van der Waals surface area contributed by atoms with Crippen LogP contribution >= 0.6 is 0 Å². The Morgan fingerprint density at radius 3 is 1.87 bits per heavy atom. The average Bonchev–Trinajstić information content (AvgIpc) is 2.16. The molecular weight excluding hydrogens is 188 g/mol. The molecule has 0 bridgehead atoms. The van der Waals surface area contributed by atoms with Crippen molar-refractivity contribution in [2.75, 3.05) is 0 Å². The van der Waals surface area contributed by atoms with Gasteiger partial charge >= 0.3 is 0 Å². The normalized spacial score (nSPS) is 11.8. The third-order valence-corrected chi connectivity index (χ3v) is 2.68. The highest BCUT2D eigenvalue weighted by atomic mass is 16.5. The summed E-state index contributed by atoms with van der Waals surface area (Å²) in [6.45, 7) is 8.39.